The predicted octanol–water partition coefficient (Wildman–Crippen LogP) is 3.00. The van der Waals surface area contributed by atoms with Crippen molar-refractivity contribution >= 4 is 44.9 Å². The number of nitrogens with one attached hydrogen (secondary N) is 1. The molecule has 5 nitrogen and oxygen atoms in total. The summed E-state index contributed by atoms with van der Waals surface area (Å²) in [6, 6.07) is 5.62. The minimum Gasteiger partial charge on any atom is -0.497 e. The highest BCUT2D eigenvalue weighted by Crippen LogP contribution is 2.37. The molecule has 116 valence electrons. The van der Waals surface area contributed by atoms with Crippen LogP contribution in [-0.2, 0) is 9.53 Å². The number of hydrogen-bond acceptors (Lipinski definition) is 5. The summed E-state index contributed by atoms with van der Waals surface area (Å²) in [5, 5.41) is 3.86. The van der Waals surface area contributed by atoms with Crippen LogP contribution in [0.3, 0.4) is 0 Å². The molecule has 1 saturated carbocycles. The number of ether oxygens (including phenoxy) is 2. The van der Waals surface area contributed by atoms with Gasteiger partial charge < -0.3 is 14.8 Å². The first-order chi connectivity index (χ1) is 10.6. The van der Waals surface area contributed by atoms with Crippen molar-refractivity contribution in [3.8, 4) is 5.75 Å². The highest BCUT2D eigenvalue weighted by Gasteiger charge is 2.24. The average Bonchev–Trinajstić information content (AvgIpc) is 3.27. The van der Waals surface area contributed by atoms with E-state index in [1.165, 1.54) is 11.3 Å². The van der Waals surface area contributed by atoms with E-state index in [0.29, 0.717) is 15.6 Å². The van der Waals surface area contributed by atoms with Gasteiger partial charge in [-0.25, -0.2) is 4.79 Å². The van der Waals surface area contributed by atoms with E-state index in [1.807, 2.05) is 6.07 Å². The van der Waals surface area contributed by atoms with Gasteiger partial charge in [-0.1, -0.05) is 11.6 Å². The molecule has 0 radical (unpaired) electrons. The molecule has 2 aromatic rings. The van der Waals surface area contributed by atoms with E-state index in [9.17, 15) is 9.59 Å². The molecule has 0 atom stereocenters. The molecule has 1 fully saturated rings. The number of amides is 1. The maximum atomic E-state index is 12.1. The van der Waals surface area contributed by atoms with Crippen LogP contribution in [0.4, 0.5) is 0 Å². The normalized spacial score (nSPS) is 13.9. The van der Waals surface area contributed by atoms with E-state index >= 15 is 0 Å². The number of halogens is 1. The first kappa shape index (κ1) is 15.1. The molecule has 0 bridgehead atoms. The Morgan fingerprint density at radius 2 is 2.18 bits per heavy atom. The Morgan fingerprint density at radius 1 is 1.41 bits per heavy atom. The summed E-state index contributed by atoms with van der Waals surface area (Å²) in [7, 11) is 1.57. The summed E-state index contributed by atoms with van der Waals surface area (Å²) < 4.78 is 11.0. The monoisotopic (exact) mass is 339 g/mol. The Bertz CT molecular complexity index is 738. The third-order valence-electron chi connectivity index (χ3n) is 3.30. The van der Waals surface area contributed by atoms with Gasteiger partial charge in [0.15, 0.2) is 6.61 Å². The zero-order chi connectivity index (χ0) is 15.7. The largest absolute Gasteiger partial charge is 0.497 e. The average molecular weight is 340 g/mol. The molecule has 1 heterocycles. The molecule has 0 spiro atoms. The Kier molecular flexibility index (Phi) is 4.22. The summed E-state index contributed by atoms with van der Waals surface area (Å²) in [6.45, 7) is -0.288. The molecule has 7 heteroatoms. The second-order valence-electron chi connectivity index (χ2n) is 5.03. The van der Waals surface area contributed by atoms with Gasteiger partial charge in [0.1, 0.15) is 10.6 Å². The number of benzene rings is 1. The molecule has 1 amide bonds. The first-order valence-electron chi connectivity index (χ1n) is 6.81. The summed E-state index contributed by atoms with van der Waals surface area (Å²) in [4.78, 5) is 23.9. The van der Waals surface area contributed by atoms with Gasteiger partial charge in [0.2, 0.25) is 0 Å². The molecule has 1 aromatic heterocycles. The summed E-state index contributed by atoms with van der Waals surface area (Å²) in [5.41, 5.74) is 0. The maximum Gasteiger partial charge on any atom is 0.350 e. The Hall–Kier alpha value is -1.79. The van der Waals surface area contributed by atoms with E-state index < -0.39 is 5.97 Å². The Morgan fingerprint density at radius 3 is 2.86 bits per heavy atom. The standard InChI is InChI=1S/C15H14ClNO4S/c1-20-9-4-5-10-11(6-9)22-14(13(10)16)15(19)21-7-12(18)17-8-2-3-8/h4-6,8H,2-3,7H2,1H3,(H,17,18). The Labute approximate surface area is 136 Å². The van der Waals surface area contributed by atoms with E-state index in [-0.39, 0.29) is 18.6 Å². The molecular formula is C15H14ClNO4S. The van der Waals surface area contributed by atoms with Gasteiger partial charge in [0.25, 0.3) is 5.91 Å². The Balaban J connectivity index is 1.72. The fourth-order valence-electron chi connectivity index (χ4n) is 2.00. The number of thiophene rings is 1. The second kappa shape index (κ2) is 6.14. The third-order valence-corrected chi connectivity index (χ3v) is 4.94. The zero-order valence-electron chi connectivity index (χ0n) is 11.8. The van der Waals surface area contributed by atoms with E-state index in [2.05, 4.69) is 5.32 Å². The molecule has 1 aromatic carbocycles. The van der Waals surface area contributed by atoms with Gasteiger partial charge >= 0.3 is 5.97 Å². The minimum atomic E-state index is -0.587. The van der Waals surface area contributed by atoms with Crippen LogP contribution in [0, 0.1) is 0 Å². The van der Waals surface area contributed by atoms with Crippen LogP contribution in [0.15, 0.2) is 18.2 Å². The van der Waals surface area contributed by atoms with Gasteiger partial charge in [-0.05, 0) is 31.0 Å². The molecule has 3 rings (SSSR count). The lowest BCUT2D eigenvalue weighted by Crippen LogP contribution is -2.30. The van der Waals surface area contributed by atoms with Crippen LogP contribution < -0.4 is 10.1 Å². The van der Waals surface area contributed by atoms with Crippen molar-refractivity contribution in [2.75, 3.05) is 13.7 Å². The number of carbonyl (C=O) groups excluding carboxylic acids is 2. The van der Waals surface area contributed by atoms with Crippen molar-refractivity contribution in [2.24, 2.45) is 0 Å². The van der Waals surface area contributed by atoms with E-state index in [1.54, 1.807) is 19.2 Å². The first-order valence-corrected chi connectivity index (χ1v) is 8.00. The number of hydrogen-bond donors (Lipinski definition) is 1. The van der Waals surface area contributed by atoms with Gasteiger partial charge in [-0.2, -0.15) is 0 Å². The SMILES string of the molecule is COc1ccc2c(Cl)c(C(=O)OCC(=O)NC3CC3)sc2c1. The van der Waals surface area contributed by atoms with Gasteiger partial charge in [0.05, 0.1) is 12.1 Å². The van der Waals surface area contributed by atoms with Crippen molar-refractivity contribution in [1.82, 2.24) is 5.32 Å². The van der Waals surface area contributed by atoms with E-state index in [0.717, 1.165) is 22.9 Å². The fourth-order valence-corrected chi connectivity index (χ4v) is 3.43. The maximum absolute atomic E-state index is 12.1. The van der Waals surface area contributed by atoms with Crippen LogP contribution in [-0.4, -0.2) is 31.6 Å². The fraction of sp³-hybridized carbons (Fsp3) is 0.333. The van der Waals surface area contributed by atoms with Crippen LogP contribution >= 0.6 is 22.9 Å². The smallest absolute Gasteiger partial charge is 0.350 e. The number of carbonyl (C=O) groups is 2. The molecular weight excluding hydrogens is 326 g/mol. The molecule has 0 saturated heterocycles. The second-order valence-corrected chi connectivity index (χ2v) is 6.46. The number of methoxy groups -OCH3 is 1. The van der Waals surface area contributed by atoms with Crippen LogP contribution in [0.5, 0.6) is 5.75 Å². The van der Waals surface area contributed by atoms with Gasteiger partial charge in [0, 0.05) is 16.1 Å². The van der Waals surface area contributed by atoms with E-state index in [4.69, 9.17) is 21.1 Å². The molecule has 1 N–H and O–H groups in total. The highest BCUT2D eigenvalue weighted by atomic mass is 35.5. The lowest BCUT2D eigenvalue weighted by Gasteiger charge is -2.04. The van der Waals surface area contributed by atoms with Gasteiger partial charge in [-0.15, -0.1) is 11.3 Å². The molecule has 1 aliphatic carbocycles. The quantitative estimate of drug-likeness (QED) is 0.850. The van der Waals surface area contributed by atoms with Gasteiger partial charge in [-0.3, -0.25) is 4.79 Å². The van der Waals surface area contributed by atoms with Crippen molar-refractivity contribution in [3.63, 3.8) is 0 Å². The van der Waals surface area contributed by atoms with Crippen molar-refractivity contribution in [3.05, 3.63) is 28.1 Å². The lowest BCUT2D eigenvalue weighted by molar-refractivity contribution is -0.124. The summed E-state index contributed by atoms with van der Waals surface area (Å²) in [6.07, 6.45) is 1.98. The van der Waals surface area contributed by atoms with Crippen LogP contribution in [0.2, 0.25) is 5.02 Å². The van der Waals surface area contributed by atoms with Crippen LogP contribution in [0.25, 0.3) is 10.1 Å². The molecule has 22 heavy (non-hydrogen) atoms. The van der Waals surface area contributed by atoms with Crippen molar-refractivity contribution < 1.29 is 19.1 Å². The van der Waals surface area contributed by atoms with Crippen molar-refractivity contribution in [1.29, 1.82) is 0 Å². The number of rotatable bonds is 5. The summed E-state index contributed by atoms with van der Waals surface area (Å²) >= 11 is 7.45. The van der Waals surface area contributed by atoms with Crippen molar-refractivity contribution in [2.45, 2.75) is 18.9 Å². The lowest BCUT2D eigenvalue weighted by atomic mass is 10.2. The number of fused-ring (bicyclic) bond motifs is 1. The molecule has 1 aliphatic rings. The predicted molar refractivity (Wildman–Crippen MR) is 84.8 cm³/mol. The molecule has 0 aliphatic heterocycles. The highest BCUT2D eigenvalue weighted by molar-refractivity contribution is 7.21. The topological polar surface area (TPSA) is 64.6 Å². The number of esters is 1. The van der Waals surface area contributed by atoms with Crippen LogP contribution in [0.1, 0.15) is 22.5 Å². The summed E-state index contributed by atoms with van der Waals surface area (Å²) in [5.74, 6) is -0.181. The zero-order valence-corrected chi connectivity index (χ0v) is 13.4. The molecule has 0 unspecified atom stereocenters. The minimum absolute atomic E-state index is 0.242. The third kappa shape index (κ3) is 3.18.